The lowest BCUT2D eigenvalue weighted by Gasteiger charge is -2.24. The number of methoxy groups -OCH3 is 2. The van der Waals surface area contributed by atoms with E-state index in [4.69, 9.17) is 27.4 Å². The summed E-state index contributed by atoms with van der Waals surface area (Å²) in [4.78, 5) is 25.3. The zero-order chi connectivity index (χ0) is 21.9. The average molecular weight is 428 g/mol. The molecule has 0 aliphatic carbocycles. The van der Waals surface area contributed by atoms with Gasteiger partial charge in [-0.05, 0) is 41.6 Å². The molecule has 0 aliphatic heterocycles. The summed E-state index contributed by atoms with van der Waals surface area (Å²) in [5.74, 6) is 0.352. The number of primary amides is 1. The van der Waals surface area contributed by atoms with Crippen molar-refractivity contribution in [3.05, 3.63) is 65.7 Å². The molecule has 7 nitrogen and oxygen atoms in total. The van der Waals surface area contributed by atoms with E-state index in [2.05, 4.69) is 5.32 Å². The number of amides is 2. The molecule has 0 aliphatic rings. The quantitative estimate of drug-likeness (QED) is 0.472. The van der Waals surface area contributed by atoms with Gasteiger partial charge in [0.2, 0.25) is 11.8 Å². The van der Waals surface area contributed by atoms with Crippen LogP contribution in [-0.4, -0.2) is 42.6 Å². The van der Waals surface area contributed by atoms with E-state index < -0.39 is 5.91 Å². The molecule has 3 N–H and O–H groups in total. The molecular weight excluding hydrogens is 402 g/mol. The number of hydrogen-bond acceptors (Lipinski definition) is 5. The lowest BCUT2D eigenvalue weighted by Crippen LogP contribution is -2.43. The zero-order valence-electron chi connectivity index (χ0n) is 17.0. The molecule has 0 saturated heterocycles. The molecule has 158 valence electrons. The molecular formula is C22H25N3O4S. The van der Waals surface area contributed by atoms with Crippen LogP contribution in [0.1, 0.15) is 17.5 Å². The Labute approximate surface area is 181 Å². The highest BCUT2D eigenvalue weighted by molar-refractivity contribution is 7.80. The maximum absolute atomic E-state index is 12.3. The molecule has 30 heavy (non-hydrogen) atoms. The summed E-state index contributed by atoms with van der Waals surface area (Å²) in [6.07, 6.45) is 3.15. The lowest BCUT2D eigenvalue weighted by atomic mass is 10.2. The van der Waals surface area contributed by atoms with E-state index >= 15 is 0 Å². The number of ether oxygens (including phenoxy) is 2. The monoisotopic (exact) mass is 427 g/mol. The Morgan fingerprint density at radius 2 is 1.80 bits per heavy atom. The lowest BCUT2D eigenvalue weighted by molar-refractivity contribution is -0.118. The Balaban J connectivity index is 2.03. The molecule has 0 aromatic heterocycles. The van der Waals surface area contributed by atoms with Gasteiger partial charge in [-0.15, -0.1) is 0 Å². The zero-order valence-corrected chi connectivity index (χ0v) is 17.8. The fraction of sp³-hybridized carbons (Fsp3) is 0.227. The van der Waals surface area contributed by atoms with Gasteiger partial charge in [-0.25, -0.2) is 0 Å². The highest BCUT2D eigenvalue weighted by atomic mass is 32.1. The van der Waals surface area contributed by atoms with Crippen LogP contribution in [0.15, 0.2) is 54.6 Å². The van der Waals surface area contributed by atoms with E-state index in [1.54, 1.807) is 43.4 Å². The van der Waals surface area contributed by atoms with Crippen molar-refractivity contribution in [3.8, 4) is 11.5 Å². The molecule has 0 atom stereocenters. The summed E-state index contributed by atoms with van der Waals surface area (Å²) >= 11 is 5.38. The van der Waals surface area contributed by atoms with Crippen LogP contribution in [0.5, 0.6) is 11.5 Å². The molecule has 0 spiro atoms. The number of carbonyl (C=O) groups excluding carboxylic acids is 2. The van der Waals surface area contributed by atoms with Gasteiger partial charge in [0, 0.05) is 25.6 Å². The number of thiocarbonyl (C=S) groups is 1. The van der Waals surface area contributed by atoms with Crippen LogP contribution in [0.2, 0.25) is 0 Å². The van der Waals surface area contributed by atoms with E-state index in [-0.39, 0.29) is 17.4 Å². The number of hydrogen-bond donors (Lipinski definition) is 2. The van der Waals surface area contributed by atoms with Crippen LogP contribution < -0.4 is 20.5 Å². The van der Waals surface area contributed by atoms with Crippen molar-refractivity contribution < 1.29 is 19.1 Å². The summed E-state index contributed by atoms with van der Waals surface area (Å²) in [7, 11) is 3.10. The van der Waals surface area contributed by atoms with Gasteiger partial charge in [0.25, 0.3) is 0 Å². The Morgan fingerprint density at radius 3 is 2.43 bits per heavy atom. The van der Waals surface area contributed by atoms with E-state index in [0.717, 1.165) is 11.1 Å². The number of nitrogens with one attached hydrogen (secondary N) is 1. The minimum atomic E-state index is -0.435. The van der Waals surface area contributed by atoms with Gasteiger partial charge in [-0.2, -0.15) is 0 Å². The van der Waals surface area contributed by atoms with Crippen molar-refractivity contribution in [2.45, 2.75) is 13.0 Å². The summed E-state index contributed by atoms with van der Waals surface area (Å²) in [5.41, 5.74) is 7.03. The van der Waals surface area contributed by atoms with Gasteiger partial charge in [-0.3, -0.25) is 14.9 Å². The molecule has 2 aromatic rings. The van der Waals surface area contributed by atoms with Gasteiger partial charge in [-0.1, -0.05) is 36.4 Å². The Hall–Kier alpha value is -3.39. The molecule has 0 unspecified atom stereocenters. The molecule has 0 bridgehead atoms. The van der Waals surface area contributed by atoms with Crippen LogP contribution in [-0.2, 0) is 16.1 Å². The SMILES string of the molecule is COc1ccc(/C=C/C(=O)NC(=S)N(CCC(N)=O)Cc2ccccc2)cc1OC. The highest BCUT2D eigenvalue weighted by Crippen LogP contribution is 2.27. The van der Waals surface area contributed by atoms with Crippen molar-refractivity contribution in [2.75, 3.05) is 20.8 Å². The van der Waals surface area contributed by atoms with Crippen LogP contribution in [0, 0.1) is 0 Å². The van der Waals surface area contributed by atoms with E-state index in [0.29, 0.717) is 24.6 Å². The second kappa shape index (κ2) is 11.6. The third-order valence-corrected chi connectivity index (χ3v) is 4.56. The predicted octanol–water partition coefficient (Wildman–Crippen LogP) is 2.50. The first kappa shape index (κ1) is 22.9. The number of rotatable bonds is 9. The van der Waals surface area contributed by atoms with E-state index in [1.807, 2.05) is 30.3 Å². The second-order valence-electron chi connectivity index (χ2n) is 6.37. The molecule has 0 heterocycles. The van der Waals surface area contributed by atoms with Crippen LogP contribution in [0.4, 0.5) is 0 Å². The van der Waals surface area contributed by atoms with Crippen molar-refractivity contribution >= 4 is 35.2 Å². The largest absolute Gasteiger partial charge is 0.493 e. The molecule has 2 aromatic carbocycles. The molecule has 0 fully saturated rings. The average Bonchev–Trinajstić information content (AvgIpc) is 2.75. The van der Waals surface area contributed by atoms with Crippen molar-refractivity contribution in [1.82, 2.24) is 10.2 Å². The van der Waals surface area contributed by atoms with Gasteiger partial charge < -0.3 is 20.1 Å². The summed E-state index contributed by atoms with van der Waals surface area (Å²) in [6.45, 7) is 0.759. The maximum atomic E-state index is 12.3. The van der Waals surface area contributed by atoms with Gasteiger partial charge in [0.1, 0.15) is 0 Å². The first-order valence-corrected chi connectivity index (χ1v) is 9.66. The predicted molar refractivity (Wildman–Crippen MR) is 120 cm³/mol. The fourth-order valence-corrected chi connectivity index (χ4v) is 2.91. The highest BCUT2D eigenvalue weighted by Gasteiger charge is 2.13. The normalized spacial score (nSPS) is 10.5. The summed E-state index contributed by atoms with van der Waals surface area (Å²) in [5, 5.41) is 2.89. The van der Waals surface area contributed by atoms with Crippen molar-refractivity contribution in [3.63, 3.8) is 0 Å². The van der Waals surface area contributed by atoms with E-state index in [9.17, 15) is 9.59 Å². The maximum Gasteiger partial charge on any atom is 0.250 e. The third kappa shape index (κ3) is 7.21. The topological polar surface area (TPSA) is 93.9 Å². The standard InChI is InChI=1S/C22H25N3O4S/c1-28-18-10-8-16(14-19(18)29-2)9-11-21(27)24-22(30)25(13-12-20(23)26)15-17-6-4-3-5-7-17/h3-11,14H,12-13,15H2,1-2H3,(H2,23,26)(H,24,27,30)/b11-9+. The number of carbonyl (C=O) groups is 2. The van der Waals surface area contributed by atoms with Crippen molar-refractivity contribution in [2.24, 2.45) is 5.73 Å². The van der Waals surface area contributed by atoms with Gasteiger partial charge in [0.05, 0.1) is 14.2 Å². The van der Waals surface area contributed by atoms with Crippen LogP contribution in [0.3, 0.4) is 0 Å². The van der Waals surface area contributed by atoms with Crippen LogP contribution in [0.25, 0.3) is 6.08 Å². The van der Waals surface area contributed by atoms with Crippen LogP contribution >= 0.6 is 12.2 Å². The summed E-state index contributed by atoms with van der Waals surface area (Å²) in [6, 6.07) is 14.9. The minimum Gasteiger partial charge on any atom is -0.493 e. The second-order valence-corrected chi connectivity index (χ2v) is 6.75. The first-order chi connectivity index (χ1) is 14.4. The first-order valence-electron chi connectivity index (χ1n) is 9.25. The number of nitrogens with two attached hydrogens (primary N) is 1. The Bertz CT molecular complexity index is 916. The smallest absolute Gasteiger partial charge is 0.250 e. The molecule has 8 heteroatoms. The molecule has 0 radical (unpaired) electrons. The molecule has 2 amide bonds. The van der Waals surface area contributed by atoms with Gasteiger partial charge >= 0.3 is 0 Å². The molecule has 2 rings (SSSR count). The van der Waals surface area contributed by atoms with E-state index in [1.165, 1.54) is 6.08 Å². The van der Waals surface area contributed by atoms with Gasteiger partial charge in [0.15, 0.2) is 16.6 Å². The van der Waals surface area contributed by atoms with Crippen molar-refractivity contribution in [1.29, 1.82) is 0 Å². The fourth-order valence-electron chi connectivity index (χ4n) is 2.66. The molecule has 0 saturated carbocycles. The summed E-state index contributed by atoms with van der Waals surface area (Å²) < 4.78 is 10.5. The minimum absolute atomic E-state index is 0.129. The number of nitrogens with zero attached hydrogens (tertiary/aromatic N) is 1. The third-order valence-electron chi connectivity index (χ3n) is 4.20. The Morgan fingerprint density at radius 1 is 1.10 bits per heavy atom. The Kier molecular flexibility index (Phi) is 8.83. The number of benzene rings is 2.